The SMILES string of the molecule is Nc1cccc(-c2nc(C3CCCCCC3)no2)c1. The van der Waals surface area contributed by atoms with E-state index in [1.54, 1.807) is 0 Å². The largest absolute Gasteiger partial charge is 0.399 e. The van der Waals surface area contributed by atoms with Crippen LogP contribution in [0.5, 0.6) is 0 Å². The van der Waals surface area contributed by atoms with Crippen LogP contribution in [0.1, 0.15) is 50.3 Å². The van der Waals surface area contributed by atoms with Crippen molar-refractivity contribution in [1.29, 1.82) is 0 Å². The van der Waals surface area contributed by atoms with Gasteiger partial charge in [0.15, 0.2) is 5.82 Å². The van der Waals surface area contributed by atoms with Crippen molar-refractivity contribution in [3.63, 3.8) is 0 Å². The van der Waals surface area contributed by atoms with Crippen molar-refractivity contribution in [2.45, 2.75) is 44.4 Å². The van der Waals surface area contributed by atoms with Crippen LogP contribution in [0.3, 0.4) is 0 Å². The number of hydrogen-bond donors (Lipinski definition) is 1. The van der Waals surface area contributed by atoms with Gasteiger partial charge in [0.1, 0.15) is 0 Å². The lowest BCUT2D eigenvalue weighted by Gasteiger charge is -2.07. The van der Waals surface area contributed by atoms with E-state index >= 15 is 0 Å². The highest BCUT2D eigenvalue weighted by Crippen LogP contribution is 2.31. The highest BCUT2D eigenvalue weighted by Gasteiger charge is 2.20. The molecule has 1 aliphatic rings. The number of hydrogen-bond acceptors (Lipinski definition) is 4. The maximum absolute atomic E-state index is 5.78. The van der Waals surface area contributed by atoms with E-state index in [4.69, 9.17) is 10.3 Å². The normalized spacial score (nSPS) is 17.3. The van der Waals surface area contributed by atoms with Crippen molar-refractivity contribution in [3.8, 4) is 11.5 Å². The van der Waals surface area contributed by atoms with Gasteiger partial charge in [-0.15, -0.1) is 0 Å². The molecule has 0 bridgehead atoms. The van der Waals surface area contributed by atoms with Crippen molar-refractivity contribution < 1.29 is 4.52 Å². The Kier molecular flexibility index (Phi) is 3.49. The van der Waals surface area contributed by atoms with Crippen molar-refractivity contribution in [2.75, 3.05) is 5.73 Å². The van der Waals surface area contributed by atoms with E-state index in [1.807, 2.05) is 24.3 Å². The summed E-state index contributed by atoms with van der Waals surface area (Å²) in [6, 6.07) is 7.57. The molecule has 0 amide bonds. The molecule has 1 aliphatic carbocycles. The molecule has 4 heteroatoms. The molecule has 2 aromatic rings. The molecule has 3 rings (SSSR count). The van der Waals surface area contributed by atoms with Crippen LogP contribution in [0.15, 0.2) is 28.8 Å². The Hall–Kier alpha value is -1.84. The molecule has 0 aliphatic heterocycles. The van der Waals surface area contributed by atoms with E-state index in [-0.39, 0.29) is 0 Å². The summed E-state index contributed by atoms with van der Waals surface area (Å²) in [4.78, 5) is 4.55. The first-order valence-corrected chi connectivity index (χ1v) is 7.02. The van der Waals surface area contributed by atoms with Gasteiger partial charge >= 0.3 is 0 Å². The molecule has 0 spiro atoms. The molecule has 1 fully saturated rings. The van der Waals surface area contributed by atoms with Gasteiger partial charge in [0, 0.05) is 17.2 Å². The van der Waals surface area contributed by atoms with E-state index in [2.05, 4.69) is 10.1 Å². The molecule has 100 valence electrons. The quantitative estimate of drug-likeness (QED) is 0.657. The van der Waals surface area contributed by atoms with Crippen LogP contribution in [-0.2, 0) is 0 Å². The van der Waals surface area contributed by atoms with Crippen LogP contribution in [0.25, 0.3) is 11.5 Å². The number of nitrogens with zero attached hydrogens (tertiary/aromatic N) is 2. The van der Waals surface area contributed by atoms with E-state index in [9.17, 15) is 0 Å². The zero-order valence-electron chi connectivity index (χ0n) is 11.0. The summed E-state index contributed by atoms with van der Waals surface area (Å²) < 4.78 is 5.38. The van der Waals surface area contributed by atoms with Gasteiger partial charge in [-0.2, -0.15) is 4.98 Å². The Morgan fingerprint density at radius 1 is 1.11 bits per heavy atom. The topological polar surface area (TPSA) is 64.9 Å². The molecule has 0 unspecified atom stereocenters. The summed E-state index contributed by atoms with van der Waals surface area (Å²) >= 11 is 0. The second-order valence-corrected chi connectivity index (χ2v) is 5.27. The van der Waals surface area contributed by atoms with Crippen molar-refractivity contribution in [2.24, 2.45) is 0 Å². The van der Waals surface area contributed by atoms with E-state index < -0.39 is 0 Å². The van der Waals surface area contributed by atoms with Crippen molar-refractivity contribution in [3.05, 3.63) is 30.1 Å². The summed E-state index contributed by atoms with van der Waals surface area (Å²) in [6.07, 6.45) is 7.55. The maximum atomic E-state index is 5.78. The van der Waals surface area contributed by atoms with Crippen LogP contribution in [0, 0.1) is 0 Å². The molecular formula is C15H19N3O. The predicted molar refractivity (Wildman–Crippen MR) is 74.6 cm³/mol. The lowest BCUT2D eigenvalue weighted by molar-refractivity contribution is 0.410. The molecule has 1 saturated carbocycles. The minimum Gasteiger partial charge on any atom is -0.399 e. The molecule has 0 atom stereocenters. The Balaban J connectivity index is 1.82. The predicted octanol–water partition coefficient (Wildman–Crippen LogP) is 3.76. The van der Waals surface area contributed by atoms with Gasteiger partial charge in [-0.3, -0.25) is 0 Å². The highest BCUT2D eigenvalue weighted by atomic mass is 16.5. The summed E-state index contributed by atoms with van der Waals surface area (Å²) in [7, 11) is 0. The first-order valence-electron chi connectivity index (χ1n) is 7.02. The van der Waals surface area contributed by atoms with Gasteiger partial charge in [0.05, 0.1) is 0 Å². The van der Waals surface area contributed by atoms with Gasteiger partial charge < -0.3 is 10.3 Å². The minimum atomic E-state index is 0.459. The maximum Gasteiger partial charge on any atom is 0.258 e. The number of rotatable bonds is 2. The zero-order chi connectivity index (χ0) is 13.1. The Bertz CT molecular complexity index is 542. The Labute approximate surface area is 113 Å². The van der Waals surface area contributed by atoms with Crippen LogP contribution in [0.2, 0.25) is 0 Å². The van der Waals surface area contributed by atoms with Crippen LogP contribution < -0.4 is 5.73 Å². The van der Waals surface area contributed by atoms with Gasteiger partial charge in [-0.25, -0.2) is 0 Å². The fraction of sp³-hybridized carbons (Fsp3) is 0.467. The smallest absolute Gasteiger partial charge is 0.258 e. The average molecular weight is 257 g/mol. The molecule has 1 aromatic carbocycles. The van der Waals surface area contributed by atoms with Gasteiger partial charge in [-0.1, -0.05) is 36.9 Å². The second kappa shape index (κ2) is 5.43. The number of nitrogens with two attached hydrogens (primary N) is 1. The van der Waals surface area contributed by atoms with E-state index in [0.717, 1.165) is 11.4 Å². The molecule has 4 nitrogen and oxygen atoms in total. The Morgan fingerprint density at radius 2 is 1.89 bits per heavy atom. The van der Waals surface area contributed by atoms with E-state index in [1.165, 1.54) is 38.5 Å². The van der Waals surface area contributed by atoms with Crippen molar-refractivity contribution in [1.82, 2.24) is 10.1 Å². The highest BCUT2D eigenvalue weighted by molar-refractivity contribution is 5.59. The second-order valence-electron chi connectivity index (χ2n) is 5.27. The average Bonchev–Trinajstić information content (AvgIpc) is 2.75. The first-order chi connectivity index (χ1) is 9.33. The zero-order valence-corrected chi connectivity index (χ0v) is 11.0. The minimum absolute atomic E-state index is 0.459. The number of nitrogen functional groups attached to an aromatic ring is 1. The van der Waals surface area contributed by atoms with Crippen LogP contribution in [-0.4, -0.2) is 10.1 Å². The van der Waals surface area contributed by atoms with Gasteiger partial charge in [0.25, 0.3) is 5.89 Å². The monoisotopic (exact) mass is 257 g/mol. The molecule has 19 heavy (non-hydrogen) atoms. The van der Waals surface area contributed by atoms with Crippen LogP contribution in [0.4, 0.5) is 5.69 Å². The third-order valence-electron chi connectivity index (χ3n) is 3.80. The summed E-state index contributed by atoms with van der Waals surface area (Å²) in [5, 5.41) is 4.16. The standard InChI is InChI=1S/C15H19N3O/c16-13-9-5-8-12(10-13)15-17-14(18-19-15)11-6-3-1-2-4-7-11/h5,8-11H,1-4,6-7,16H2. The van der Waals surface area contributed by atoms with E-state index in [0.29, 0.717) is 17.5 Å². The lowest BCUT2D eigenvalue weighted by atomic mass is 10.00. The molecule has 1 aromatic heterocycles. The molecule has 2 N–H and O–H groups in total. The van der Waals surface area contributed by atoms with Gasteiger partial charge in [0.2, 0.25) is 0 Å². The van der Waals surface area contributed by atoms with Crippen LogP contribution >= 0.6 is 0 Å². The molecule has 1 heterocycles. The first kappa shape index (κ1) is 12.2. The fourth-order valence-electron chi connectivity index (χ4n) is 2.73. The molecule has 0 saturated heterocycles. The number of aromatic nitrogens is 2. The van der Waals surface area contributed by atoms with Gasteiger partial charge in [-0.05, 0) is 31.0 Å². The third kappa shape index (κ3) is 2.78. The van der Waals surface area contributed by atoms with Crippen molar-refractivity contribution >= 4 is 5.69 Å². The molecular weight excluding hydrogens is 238 g/mol. The summed E-state index contributed by atoms with van der Waals surface area (Å²) in [5.41, 5.74) is 7.39. The number of benzene rings is 1. The Morgan fingerprint density at radius 3 is 2.63 bits per heavy atom. The third-order valence-corrected chi connectivity index (χ3v) is 3.80. The summed E-state index contributed by atoms with van der Waals surface area (Å²) in [6.45, 7) is 0. The molecule has 0 radical (unpaired) electrons. The fourth-order valence-corrected chi connectivity index (χ4v) is 2.73. The number of anilines is 1. The lowest BCUT2D eigenvalue weighted by Crippen LogP contribution is -1.99. The summed E-state index contributed by atoms with van der Waals surface area (Å²) in [5.74, 6) is 1.90.